The van der Waals surface area contributed by atoms with E-state index in [4.69, 9.17) is 15.3 Å². The smallest absolute Gasteiger partial charge is 0.175 e. The minimum absolute atomic E-state index is 0.259. The van der Waals surface area contributed by atoms with Gasteiger partial charge in [0.1, 0.15) is 5.75 Å². The molecule has 1 fully saturated rings. The first kappa shape index (κ1) is 22.8. The van der Waals surface area contributed by atoms with Gasteiger partial charge >= 0.3 is 0 Å². The van der Waals surface area contributed by atoms with Crippen LogP contribution in [0, 0.1) is 34.5 Å². The zero-order valence-corrected chi connectivity index (χ0v) is 18.3. The molecule has 3 atom stereocenters. The molecule has 0 saturated carbocycles. The summed E-state index contributed by atoms with van der Waals surface area (Å²) in [4.78, 5) is 2.41. The third kappa shape index (κ3) is 5.83. The van der Waals surface area contributed by atoms with E-state index in [-0.39, 0.29) is 10.8 Å². The molecule has 0 bridgehead atoms. The van der Waals surface area contributed by atoms with Gasteiger partial charge < -0.3 is 9.84 Å². The number of hydrogen-bond donors (Lipinski definition) is 1. The van der Waals surface area contributed by atoms with E-state index >= 15 is 0 Å². The molecule has 1 heterocycles. The molecule has 1 N–H and O–H groups in total. The predicted molar refractivity (Wildman–Crippen MR) is 115 cm³/mol. The summed E-state index contributed by atoms with van der Waals surface area (Å²) in [5, 5.41) is 28.9. The molecule has 2 aromatic rings. The van der Waals surface area contributed by atoms with Gasteiger partial charge in [-0.3, -0.25) is 4.90 Å². The van der Waals surface area contributed by atoms with E-state index in [1.807, 2.05) is 12.1 Å². The molecule has 1 saturated heterocycles. The highest BCUT2D eigenvalue weighted by Gasteiger charge is 2.31. The lowest BCUT2D eigenvalue weighted by molar-refractivity contribution is 0.121. The summed E-state index contributed by atoms with van der Waals surface area (Å²) in [6.45, 7) is 4.60. The van der Waals surface area contributed by atoms with Crippen LogP contribution in [-0.4, -0.2) is 50.9 Å². The number of hydrogen-bond acceptors (Lipinski definition) is 7. The lowest BCUT2D eigenvalue weighted by Crippen LogP contribution is -2.27. The summed E-state index contributed by atoms with van der Waals surface area (Å²) in [6, 6.07) is 15.2. The van der Waals surface area contributed by atoms with Gasteiger partial charge in [0.2, 0.25) is 0 Å². The minimum atomic E-state index is -3.23. The SMILES string of the molecule is C[C@@H]1CN(C[C@H](O)c2cc(C#N)cc(C#N)c2)C[C@H]1COc1ccc(S(C)(=O)=O)cc1. The van der Waals surface area contributed by atoms with Crippen molar-refractivity contribution in [3.63, 3.8) is 0 Å². The Kier molecular flexibility index (Phi) is 6.97. The number of rotatable bonds is 7. The number of benzene rings is 2. The maximum atomic E-state index is 11.6. The van der Waals surface area contributed by atoms with Crippen LogP contribution < -0.4 is 4.74 Å². The molecular weight excluding hydrogens is 414 g/mol. The van der Waals surface area contributed by atoms with Gasteiger partial charge in [-0.2, -0.15) is 10.5 Å². The molecule has 2 aromatic carbocycles. The molecule has 8 heteroatoms. The van der Waals surface area contributed by atoms with Crippen LogP contribution in [0.2, 0.25) is 0 Å². The Balaban J connectivity index is 1.57. The molecule has 0 spiro atoms. The fourth-order valence-electron chi connectivity index (χ4n) is 3.82. The van der Waals surface area contributed by atoms with Crippen LogP contribution in [0.25, 0.3) is 0 Å². The fourth-order valence-corrected chi connectivity index (χ4v) is 4.45. The van der Waals surface area contributed by atoms with E-state index in [9.17, 15) is 13.5 Å². The van der Waals surface area contributed by atoms with Gasteiger partial charge in [-0.25, -0.2) is 8.42 Å². The zero-order valence-electron chi connectivity index (χ0n) is 17.5. The molecule has 1 aliphatic rings. The van der Waals surface area contributed by atoms with Crippen molar-refractivity contribution in [2.45, 2.75) is 17.9 Å². The summed E-state index contributed by atoms with van der Waals surface area (Å²) >= 11 is 0. The molecule has 0 unspecified atom stereocenters. The number of β-amino-alcohol motifs (C(OH)–C–C–N with tert-alkyl or cyclic N) is 1. The quantitative estimate of drug-likeness (QED) is 0.705. The largest absolute Gasteiger partial charge is 0.493 e. The second-order valence-corrected chi connectivity index (χ2v) is 10.1. The Labute approximate surface area is 183 Å². The molecule has 31 heavy (non-hydrogen) atoms. The summed E-state index contributed by atoms with van der Waals surface area (Å²) in [5.41, 5.74) is 1.28. The number of sulfone groups is 1. The van der Waals surface area contributed by atoms with Gasteiger partial charge in [-0.05, 0) is 53.9 Å². The van der Waals surface area contributed by atoms with Gasteiger partial charge in [0, 0.05) is 31.8 Å². The van der Waals surface area contributed by atoms with Crippen LogP contribution in [0.3, 0.4) is 0 Å². The number of ether oxygens (including phenoxy) is 1. The molecule has 7 nitrogen and oxygen atoms in total. The lowest BCUT2D eigenvalue weighted by Gasteiger charge is -2.21. The third-order valence-electron chi connectivity index (χ3n) is 5.59. The second kappa shape index (κ2) is 9.49. The number of aliphatic hydroxyl groups is 1. The van der Waals surface area contributed by atoms with Crippen LogP contribution in [0.1, 0.15) is 29.7 Å². The van der Waals surface area contributed by atoms with Crippen molar-refractivity contribution >= 4 is 9.84 Å². The van der Waals surface area contributed by atoms with Crippen molar-refractivity contribution in [2.24, 2.45) is 11.8 Å². The van der Waals surface area contributed by atoms with Gasteiger partial charge in [0.25, 0.3) is 0 Å². The molecular formula is C23H25N3O4S. The van der Waals surface area contributed by atoms with Gasteiger partial charge in [0.15, 0.2) is 9.84 Å². The van der Waals surface area contributed by atoms with E-state index in [0.717, 1.165) is 13.1 Å². The molecule has 0 radical (unpaired) electrons. The molecule has 1 aliphatic heterocycles. The van der Waals surface area contributed by atoms with Gasteiger partial charge in [-0.1, -0.05) is 6.92 Å². The van der Waals surface area contributed by atoms with Crippen molar-refractivity contribution < 1.29 is 18.3 Å². The minimum Gasteiger partial charge on any atom is -0.493 e. The maximum Gasteiger partial charge on any atom is 0.175 e. The van der Waals surface area contributed by atoms with Gasteiger partial charge in [-0.15, -0.1) is 0 Å². The Morgan fingerprint density at radius 3 is 2.29 bits per heavy atom. The Hall–Kier alpha value is -2.91. The van der Waals surface area contributed by atoms with Crippen LogP contribution in [-0.2, 0) is 9.84 Å². The highest BCUT2D eigenvalue weighted by molar-refractivity contribution is 7.90. The van der Waals surface area contributed by atoms with Crippen LogP contribution >= 0.6 is 0 Å². The topological polar surface area (TPSA) is 114 Å². The Morgan fingerprint density at radius 2 is 1.74 bits per heavy atom. The van der Waals surface area contributed by atoms with Crippen LogP contribution in [0.5, 0.6) is 5.75 Å². The first-order valence-electron chi connectivity index (χ1n) is 9.98. The normalized spacial score (nSPS) is 20.0. The third-order valence-corrected chi connectivity index (χ3v) is 6.72. The highest BCUT2D eigenvalue weighted by Crippen LogP contribution is 2.27. The van der Waals surface area contributed by atoms with E-state index in [0.29, 0.717) is 41.5 Å². The van der Waals surface area contributed by atoms with Gasteiger partial charge in [0.05, 0.1) is 40.9 Å². The number of nitriles is 2. The fraction of sp³-hybridized carbons (Fsp3) is 0.391. The maximum absolute atomic E-state index is 11.6. The average Bonchev–Trinajstić information content (AvgIpc) is 3.10. The zero-order chi connectivity index (χ0) is 22.6. The van der Waals surface area contributed by atoms with Crippen molar-refractivity contribution in [1.29, 1.82) is 10.5 Å². The number of likely N-dealkylation sites (tertiary alicyclic amines) is 1. The summed E-state index contributed by atoms with van der Waals surface area (Å²) in [6.07, 6.45) is 0.375. The average molecular weight is 440 g/mol. The van der Waals surface area contributed by atoms with Crippen molar-refractivity contribution in [3.8, 4) is 17.9 Å². The van der Waals surface area contributed by atoms with E-state index < -0.39 is 15.9 Å². The Bertz CT molecular complexity index is 1080. The van der Waals surface area contributed by atoms with E-state index in [2.05, 4.69) is 11.8 Å². The van der Waals surface area contributed by atoms with E-state index in [1.165, 1.54) is 24.5 Å². The standard InChI is InChI=1S/C23H25N3O4S/c1-16-12-26(14-23(27)19-8-17(10-24)7-18(9-19)11-25)13-20(16)15-30-21-3-5-22(6-4-21)31(2,28)29/h3-9,16,20,23,27H,12-15H2,1-2H3/t16-,20+,23+/m1/s1. The Morgan fingerprint density at radius 1 is 1.13 bits per heavy atom. The van der Waals surface area contributed by atoms with Crippen LogP contribution in [0.4, 0.5) is 0 Å². The number of aliphatic hydroxyl groups excluding tert-OH is 1. The monoisotopic (exact) mass is 439 g/mol. The highest BCUT2D eigenvalue weighted by atomic mass is 32.2. The predicted octanol–water partition coefficient (Wildman–Crippen LogP) is 2.51. The molecule has 0 aromatic heterocycles. The molecule has 162 valence electrons. The van der Waals surface area contributed by atoms with Crippen molar-refractivity contribution in [1.82, 2.24) is 4.90 Å². The summed E-state index contributed by atoms with van der Waals surface area (Å²) in [5.74, 6) is 1.25. The second-order valence-electron chi connectivity index (χ2n) is 8.09. The molecule has 0 amide bonds. The van der Waals surface area contributed by atoms with Crippen molar-refractivity contribution in [2.75, 3.05) is 32.5 Å². The lowest BCUT2D eigenvalue weighted by atomic mass is 9.99. The number of nitrogens with zero attached hydrogens (tertiary/aromatic N) is 3. The van der Waals surface area contributed by atoms with Crippen molar-refractivity contribution in [3.05, 3.63) is 59.2 Å². The van der Waals surface area contributed by atoms with E-state index in [1.54, 1.807) is 24.3 Å². The molecule has 0 aliphatic carbocycles. The summed E-state index contributed by atoms with van der Waals surface area (Å²) < 4.78 is 29.0. The summed E-state index contributed by atoms with van der Waals surface area (Å²) in [7, 11) is -3.23. The van der Waals surface area contributed by atoms with Crippen LogP contribution in [0.15, 0.2) is 47.4 Å². The molecule has 3 rings (SSSR count). The first-order valence-corrected chi connectivity index (χ1v) is 11.9. The first-order chi connectivity index (χ1) is 14.7.